The molecule has 0 atom stereocenters. The first kappa shape index (κ1) is 12.6. The second-order valence-electron chi connectivity index (χ2n) is 4.60. The standard InChI is InChI=1S/C13H17BrN2O/c1-16(13(17)6-11-7-15-8-11)9-10-2-4-12(14)5-3-10/h2-5,11,15H,6-9H2,1H3. The molecule has 1 aliphatic rings. The lowest BCUT2D eigenvalue weighted by molar-refractivity contribution is -0.131. The minimum atomic E-state index is 0.236. The molecule has 1 fully saturated rings. The summed E-state index contributed by atoms with van der Waals surface area (Å²) in [6.07, 6.45) is 0.667. The normalized spacial score (nSPS) is 15.4. The third-order valence-corrected chi connectivity index (χ3v) is 3.62. The first-order valence-corrected chi connectivity index (χ1v) is 6.63. The van der Waals surface area contributed by atoms with E-state index in [-0.39, 0.29) is 5.91 Å². The molecule has 17 heavy (non-hydrogen) atoms. The molecule has 1 saturated heterocycles. The topological polar surface area (TPSA) is 32.3 Å². The van der Waals surface area contributed by atoms with Crippen LogP contribution in [0.15, 0.2) is 28.7 Å². The summed E-state index contributed by atoms with van der Waals surface area (Å²) in [6.45, 7) is 2.65. The lowest BCUT2D eigenvalue weighted by Gasteiger charge is -2.28. The van der Waals surface area contributed by atoms with E-state index in [1.807, 2.05) is 36.2 Å². The van der Waals surface area contributed by atoms with E-state index in [0.717, 1.165) is 23.1 Å². The van der Waals surface area contributed by atoms with Gasteiger partial charge in [-0.15, -0.1) is 0 Å². The van der Waals surface area contributed by atoms with Gasteiger partial charge in [-0.1, -0.05) is 28.1 Å². The highest BCUT2D eigenvalue weighted by molar-refractivity contribution is 9.10. The Kier molecular flexibility index (Phi) is 4.18. The van der Waals surface area contributed by atoms with Crippen LogP contribution in [0.25, 0.3) is 0 Å². The lowest BCUT2D eigenvalue weighted by atomic mass is 9.99. The number of nitrogens with one attached hydrogen (secondary N) is 1. The zero-order valence-corrected chi connectivity index (χ0v) is 11.5. The SMILES string of the molecule is CN(Cc1ccc(Br)cc1)C(=O)CC1CNC1. The van der Waals surface area contributed by atoms with E-state index in [4.69, 9.17) is 0 Å². The van der Waals surface area contributed by atoms with E-state index in [0.29, 0.717) is 18.9 Å². The summed E-state index contributed by atoms with van der Waals surface area (Å²) in [5.41, 5.74) is 1.16. The van der Waals surface area contributed by atoms with Gasteiger partial charge in [0.2, 0.25) is 5.91 Å². The zero-order valence-electron chi connectivity index (χ0n) is 9.95. The number of nitrogens with zero attached hydrogens (tertiary/aromatic N) is 1. The predicted molar refractivity (Wildman–Crippen MR) is 71.6 cm³/mol. The van der Waals surface area contributed by atoms with Crippen LogP contribution in [0, 0.1) is 5.92 Å². The third kappa shape index (κ3) is 3.54. The van der Waals surface area contributed by atoms with Gasteiger partial charge in [-0.25, -0.2) is 0 Å². The van der Waals surface area contributed by atoms with Crippen molar-refractivity contribution in [3.63, 3.8) is 0 Å². The van der Waals surface area contributed by atoms with Crippen LogP contribution in [-0.2, 0) is 11.3 Å². The van der Waals surface area contributed by atoms with Crippen molar-refractivity contribution in [3.05, 3.63) is 34.3 Å². The minimum Gasteiger partial charge on any atom is -0.341 e. The highest BCUT2D eigenvalue weighted by atomic mass is 79.9. The maximum absolute atomic E-state index is 11.9. The summed E-state index contributed by atoms with van der Waals surface area (Å²) < 4.78 is 1.07. The summed E-state index contributed by atoms with van der Waals surface area (Å²) in [4.78, 5) is 13.7. The molecule has 92 valence electrons. The number of amides is 1. The molecule has 0 unspecified atom stereocenters. The van der Waals surface area contributed by atoms with Gasteiger partial charge >= 0.3 is 0 Å². The molecule has 0 bridgehead atoms. The van der Waals surface area contributed by atoms with Crippen LogP contribution in [0.1, 0.15) is 12.0 Å². The van der Waals surface area contributed by atoms with Crippen LogP contribution >= 0.6 is 15.9 Å². The summed E-state index contributed by atoms with van der Waals surface area (Å²) in [5, 5.41) is 3.19. The molecule has 0 aliphatic carbocycles. The van der Waals surface area contributed by atoms with E-state index in [1.54, 1.807) is 0 Å². The van der Waals surface area contributed by atoms with E-state index >= 15 is 0 Å². The maximum Gasteiger partial charge on any atom is 0.222 e. The van der Waals surface area contributed by atoms with Gasteiger partial charge in [0.25, 0.3) is 0 Å². The van der Waals surface area contributed by atoms with Gasteiger partial charge in [0, 0.05) is 24.5 Å². The molecule has 3 nitrogen and oxygen atoms in total. The van der Waals surface area contributed by atoms with E-state index in [1.165, 1.54) is 0 Å². The van der Waals surface area contributed by atoms with Crippen molar-refractivity contribution in [2.45, 2.75) is 13.0 Å². The number of halogens is 1. The number of hydrogen-bond acceptors (Lipinski definition) is 2. The highest BCUT2D eigenvalue weighted by Crippen LogP contribution is 2.14. The van der Waals surface area contributed by atoms with E-state index in [2.05, 4.69) is 21.2 Å². The Labute approximate surface area is 110 Å². The van der Waals surface area contributed by atoms with Crippen molar-refractivity contribution in [3.8, 4) is 0 Å². The van der Waals surface area contributed by atoms with Crippen molar-refractivity contribution < 1.29 is 4.79 Å². The van der Waals surface area contributed by atoms with E-state index in [9.17, 15) is 4.79 Å². The van der Waals surface area contributed by atoms with Gasteiger partial charge < -0.3 is 10.2 Å². The molecule has 0 radical (unpaired) electrons. The van der Waals surface area contributed by atoms with Crippen LogP contribution in [0.5, 0.6) is 0 Å². The van der Waals surface area contributed by atoms with Crippen molar-refractivity contribution >= 4 is 21.8 Å². The number of carbonyl (C=O) groups is 1. The molecule has 1 N–H and O–H groups in total. The molecule has 4 heteroatoms. The van der Waals surface area contributed by atoms with Crippen molar-refractivity contribution in [2.24, 2.45) is 5.92 Å². The largest absolute Gasteiger partial charge is 0.341 e. The highest BCUT2D eigenvalue weighted by Gasteiger charge is 2.21. The average molecular weight is 297 g/mol. The maximum atomic E-state index is 11.9. The zero-order chi connectivity index (χ0) is 12.3. The molecule has 0 saturated carbocycles. The number of hydrogen-bond donors (Lipinski definition) is 1. The number of rotatable bonds is 4. The van der Waals surface area contributed by atoms with Crippen LogP contribution < -0.4 is 5.32 Å². The van der Waals surface area contributed by atoms with Crippen molar-refractivity contribution in [1.29, 1.82) is 0 Å². The molecule has 2 rings (SSSR count). The molecular formula is C13H17BrN2O. The fourth-order valence-electron chi connectivity index (χ4n) is 1.85. The Bertz CT molecular complexity index is 387. The monoisotopic (exact) mass is 296 g/mol. The van der Waals surface area contributed by atoms with Gasteiger partial charge in [0.15, 0.2) is 0 Å². The first-order chi connectivity index (χ1) is 8.15. The Morgan fingerprint density at radius 3 is 2.59 bits per heavy atom. The molecule has 0 spiro atoms. The Morgan fingerprint density at radius 2 is 2.06 bits per heavy atom. The Hall–Kier alpha value is -0.870. The van der Waals surface area contributed by atoms with Crippen molar-refractivity contribution in [2.75, 3.05) is 20.1 Å². The van der Waals surface area contributed by atoms with Crippen LogP contribution in [0.3, 0.4) is 0 Å². The first-order valence-electron chi connectivity index (χ1n) is 5.84. The van der Waals surface area contributed by atoms with Crippen molar-refractivity contribution in [1.82, 2.24) is 10.2 Å². The lowest BCUT2D eigenvalue weighted by Crippen LogP contribution is -2.44. The molecule has 1 aliphatic heterocycles. The summed E-state index contributed by atoms with van der Waals surface area (Å²) >= 11 is 3.40. The molecule has 1 heterocycles. The molecular weight excluding hydrogens is 280 g/mol. The number of benzene rings is 1. The smallest absolute Gasteiger partial charge is 0.222 e. The second kappa shape index (κ2) is 5.65. The fourth-order valence-corrected chi connectivity index (χ4v) is 2.11. The Balaban J connectivity index is 1.84. The second-order valence-corrected chi connectivity index (χ2v) is 5.52. The Morgan fingerprint density at radius 1 is 1.41 bits per heavy atom. The third-order valence-electron chi connectivity index (χ3n) is 3.09. The van der Waals surface area contributed by atoms with Crippen LogP contribution in [-0.4, -0.2) is 30.9 Å². The van der Waals surface area contributed by atoms with Gasteiger partial charge in [0.1, 0.15) is 0 Å². The molecule has 1 aromatic carbocycles. The van der Waals surface area contributed by atoms with Gasteiger partial charge in [-0.2, -0.15) is 0 Å². The molecule has 1 amide bonds. The number of carbonyl (C=O) groups excluding carboxylic acids is 1. The van der Waals surface area contributed by atoms with Gasteiger partial charge in [-0.05, 0) is 36.7 Å². The summed E-state index contributed by atoms with van der Waals surface area (Å²) in [6, 6.07) is 8.09. The average Bonchev–Trinajstić information content (AvgIpc) is 2.26. The molecule has 1 aromatic rings. The predicted octanol–water partition coefficient (Wildman–Crippen LogP) is 2.02. The van der Waals surface area contributed by atoms with Crippen LogP contribution in [0.4, 0.5) is 0 Å². The quantitative estimate of drug-likeness (QED) is 0.922. The van der Waals surface area contributed by atoms with E-state index < -0.39 is 0 Å². The van der Waals surface area contributed by atoms with Gasteiger partial charge in [-0.3, -0.25) is 4.79 Å². The summed E-state index contributed by atoms with van der Waals surface area (Å²) in [7, 11) is 1.87. The summed E-state index contributed by atoms with van der Waals surface area (Å²) in [5.74, 6) is 0.772. The van der Waals surface area contributed by atoms with Crippen LogP contribution in [0.2, 0.25) is 0 Å². The fraction of sp³-hybridized carbons (Fsp3) is 0.462. The minimum absolute atomic E-state index is 0.236. The van der Waals surface area contributed by atoms with Gasteiger partial charge in [0.05, 0.1) is 0 Å². The molecule has 0 aromatic heterocycles.